The maximum absolute atomic E-state index is 12.3. The minimum absolute atomic E-state index is 0.0282. The van der Waals surface area contributed by atoms with Crippen molar-refractivity contribution in [2.45, 2.75) is 51.0 Å². The van der Waals surface area contributed by atoms with Gasteiger partial charge in [0.2, 0.25) is 5.91 Å². The van der Waals surface area contributed by atoms with Crippen molar-refractivity contribution in [1.82, 2.24) is 0 Å². The second-order valence-corrected chi connectivity index (χ2v) is 7.11. The van der Waals surface area contributed by atoms with Crippen molar-refractivity contribution in [3.05, 3.63) is 16.3 Å². The van der Waals surface area contributed by atoms with Crippen molar-refractivity contribution < 1.29 is 14.3 Å². The Morgan fingerprint density at radius 1 is 1.35 bits per heavy atom. The molecule has 0 unspecified atom stereocenters. The molecule has 0 bridgehead atoms. The van der Waals surface area contributed by atoms with Crippen molar-refractivity contribution in [2.75, 3.05) is 11.4 Å². The monoisotopic (exact) mass is 332 g/mol. The number of amides is 1. The average Bonchev–Trinajstić information content (AvgIpc) is 2.96. The van der Waals surface area contributed by atoms with Gasteiger partial charge in [-0.2, -0.15) is 5.26 Å². The van der Waals surface area contributed by atoms with Crippen molar-refractivity contribution in [3.8, 4) is 6.07 Å². The van der Waals surface area contributed by atoms with E-state index in [0.29, 0.717) is 6.42 Å². The second kappa shape index (κ2) is 7.14. The minimum Gasteiger partial charge on any atom is -0.460 e. The molecule has 0 radical (unpaired) electrons. The summed E-state index contributed by atoms with van der Waals surface area (Å²) in [5.74, 6) is -0.659. The fourth-order valence-corrected chi connectivity index (χ4v) is 4.25. The molecule has 5 nitrogen and oxygen atoms in total. The van der Waals surface area contributed by atoms with E-state index < -0.39 is 5.97 Å². The van der Waals surface area contributed by atoms with Crippen molar-refractivity contribution in [3.63, 3.8) is 0 Å². The van der Waals surface area contributed by atoms with Crippen LogP contribution in [-0.4, -0.2) is 24.5 Å². The Bertz CT molecular complexity index is 634. The van der Waals surface area contributed by atoms with E-state index in [9.17, 15) is 14.9 Å². The highest BCUT2D eigenvalue weighted by Crippen LogP contribution is 2.32. The van der Waals surface area contributed by atoms with Gasteiger partial charge in [-0.3, -0.25) is 9.59 Å². The van der Waals surface area contributed by atoms with Crippen LogP contribution in [0.5, 0.6) is 0 Å². The van der Waals surface area contributed by atoms with Crippen LogP contribution in [0.1, 0.15) is 43.4 Å². The lowest BCUT2D eigenvalue weighted by atomic mass is 9.87. The van der Waals surface area contributed by atoms with E-state index in [-0.39, 0.29) is 24.5 Å². The number of hydrogen-bond donors (Lipinski definition) is 0. The number of anilines is 1. The van der Waals surface area contributed by atoms with Crippen molar-refractivity contribution in [1.29, 1.82) is 5.26 Å². The number of carbonyl (C=O) groups excluding carboxylic acids is 2. The van der Waals surface area contributed by atoms with Gasteiger partial charge < -0.3 is 9.64 Å². The van der Waals surface area contributed by atoms with Crippen molar-refractivity contribution >= 4 is 28.9 Å². The van der Waals surface area contributed by atoms with Crippen LogP contribution in [0.2, 0.25) is 0 Å². The van der Waals surface area contributed by atoms with Crippen LogP contribution in [-0.2, 0) is 20.7 Å². The lowest BCUT2D eigenvalue weighted by molar-refractivity contribution is -0.151. The summed E-state index contributed by atoms with van der Waals surface area (Å²) in [6.45, 7) is -0.0583. The van der Waals surface area contributed by atoms with Gasteiger partial charge in [-0.25, -0.2) is 0 Å². The highest BCUT2D eigenvalue weighted by atomic mass is 32.1. The molecule has 23 heavy (non-hydrogen) atoms. The summed E-state index contributed by atoms with van der Waals surface area (Å²) < 4.78 is 5.53. The Morgan fingerprint density at radius 2 is 2.17 bits per heavy atom. The summed E-state index contributed by atoms with van der Waals surface area (Å²) in [4.78, 5) is 27.3. The van der Waals surface area contributed by atoms with Gasteiger partial charge in [0.05, 0.1) is 17.7 Å². The Balaban J connectivity index is 1.67. The number of aryl methyl sites for hydroxylation is 1. The molecule has 1 fully saturated rings. The molecule has 1 aliphatic carbocycles. The first-order valence-corrected chi connectivity index (χ1v) is 9.03. The number of nitrogens with zero attached hydrogens (tertiary/aromatic N) is 2. The molecule has 2 heterocycles. The molecule has 122 valence electrons. The molecule has 1 aromatic heterocycles. The number of thiophene rings is 1. The van der Waals surface area contributed by atoms with E-state index in [1.54, 1.807) is 16.2 Å². The third-order valence-corrected chi connectivity index (χ3v) is 5.52. The number of fused-ring (bicyclic) bond motifs is 1. The van der Waals surface area contributed by atoms with Gasteiger partial charge in [-0.05, 0) is 43.6 Å². The molecule has 0 saturated heterocycles. The highest BCUT2D eigenvalue weighted by molar-refractivity contribution is 7.10. The van der Waals surface area contributed by atoms with Gasteiger partial charge in [-0.1, -0.05) is 6.42 Å². The third kappa shape index (κ3) is 3.56. The summed E-state index contributed by atoms with van der Waals surface area (Å²) in [5.41, 5.74) is 0.843. The fourth-order valence-electron chi connectivity index (χ4n) is 3.33. The smallest absolute Gasteiger partial charge is 0.326 e. The first kappa shape index (κ1) is 16.0. The van der Waals surface area contributed by atoms with Crippen LogP contribution in [0, 0.1) is 17.2 Å². The zero-order valence-electron chi connectivity index (χ0n) is 13.0. The van der Waals surface area contributed by atoms with Gasteiger partial charge in [-0.15, -0.1) is 11.3 Å². The maximum Gasteiger partial charge on any atom is 0.326 e. The summed E-state index contributed by atoms with van der Waals surface area (Å²) in [5, 5.41) is 11.1. The van der Waals surface area contributed by atoms with Gasteiger partial charge in [0.1, 0.15) is 12.6 Å². The van der Waals surface area contributed by atoms with Crippen LogP contribution >= 0.6 is 11.3 Å². The molecule has 0 spiro atoms. The normalized spacial score (nSPS) is 24.5. The summed E-state index contributed by atoms with van der Waals surface area (Å²) in [7, 11) is 0. The van der Waals surface area contributed by atoms with Crippen molar-refractivity contribution in [2.24, 2.45) is 5.92 Å². The molecule has 0 aromatic carbocycles. The predicted octanol–water partition coefficient (Wildman–Crippen LogP) is 3.04. The molecule has 0 N–H and O–H groups in total. The Hall–Kier alpha value is -1.87. The molecule has 1 aromatic rings. The molecular weight excluding hydrogens is 312 g/mol. The number of esters is 1. The molecule has 3 rings (SSSR count). The number of carbonyl (C=O) groups is 2. The molecule has 1 aliphatic heterocycles. The molecular formula is C17H20N2O3S. The SMILES string of the molecule is N#C[C@@H]1CCCC[C@@H]1OC(=O)CN1C(=O)CCCc2sccc21. The Labute approximate surface area is 139 Å². The predicted molar refractivity (Wildman–Crippen MR) is 87.1 cm³/mol. The standard InChI is InChI=1S/C17H20N2O3S/c18-10-12-4-1-2-5-14(12)22-17(21)11-19-13-8-9-23-15(13)6-3-7-16(19)20/h8-9,12,14H,1-7,11H2/t12-,14-/m0/s1. The first-order chi connectivity index (χ1) is 11.2. The van der Waals surface area contributed by atoms with Crippen LogP contribution in [0.3, 0.4) is 0 Å². The number of ether oxygens (including phenoxy) is 1. The van der Waals surface area contributed by atoms with E-state index >= 15 is 0 Å². The van der Waals surface area contributed by atoms with E-state index in [0.717, 1.165) is 49.1 Å². The lowest BCUT2D eigenvalue weighted by Crippen LogP contribution is -2.38. The van der Waals surface area contributed by atoms with Crippen LogP contribution in [0.25, 0.3) is 0 Å². The van der Waals surface area contributed by atoms with Crippen LogP contribution < -0.4 is 4.90 Å². The zero-order valence-corrected chi connectivity index (χ0v) is 13.8. The fraction of sp³-hybridized carbons (Fsp3) is 0.588. The van der Waals surface area contributed by atoms with E-state index in [2.05, 4.69) is 6.07 Å². The van der Waals surface area contributed by atoms with E-state index in [1.165, 1.54) is 0 Å². The van der Waals surface area contributed by atoms with Gasteiger partial charge >= 0.3 is 5.97 Å². The molecule has 2 aliphatic rings. The summed E-state index contributed by atoms with van der Waals surface area (Å²) in [6.07, 6.45) is 5.33. The average molecular weight is 332 g/mol. The third-order valence-electron chi connectivity index (χ3n) is 4.55. The molecule has 2 atom stereocenters. The first-order valence-electron chi connectivity index (χ1n) is 8.15. The van der Waals surface area contributed by atoms with E-state index in [4.69, 9.17) is 4.74 Å². The topological polar surface area (TPSA) is 70.4 Å². The summed E-state index contributed by atoms with van der Waals surface area (Å²) >= 11 is 1.62. The highest BCUT2D eigenvalue weighted by Gasteiger charge is 2.30. The quantitative estimate of drug-likeness (QED) is 0.798. The largest absolute Gasteiger partial charge is 0.460 e. The minimum atomic E-state index is -0.412. The van der Waals surface area contributed by atoms with Crippen LogP contribution in [0.4, 0.5) is 5.69 Å². The molecule has 6 heteroatoms. The van der Waals surface area contributed by atoms with E-state index in [1.807, 2.05) is 11.4 Å². The summed E-state index contributed by atoms with van der Waals surface area (Å²) in [6, 6.07) is 4.14. The van der Waals surface area contributed by atoms with Gasteiger partial charge in [0.25, 0.3) is 0 Å². The Kier molecular flexibility index (Phi) is 4.97. The van der Waals surface area contributed by atoms with Gasteiger partial charge in [0, 0.05) is 11.3 Å². The molecule has 1 saturated carbocycles. The maximum atomic E-state index is 12.3. The Morgan fingerprint density at radius 3 is 3.00 bits per heavy atom. The number of rotatable bonds is 3. The number of hydrogen-bond acceptors (Lipinski definition) is 5. The second-order valence-electron chi connectivity index (χ2n) is 6.11. The lowest BCUT2D eigenvalue weighted by Gasteiger charge is -2.28. The van der Waals surface area contributed by atoms with Gasteiger partial charge in [0.15, 0.2) is 0 Å². The zero-order chi connectivity index (χ0) is 16.2. The number of nitriles is 1. The molecule has 1 amide bonds. The van der Waals surface area contributed by atoms with Crippen LogP contribution in [0.15, 0.2) is 11.4 Å².